The van der Waals surface area contributed by atoms with Crippen molar-refractivity contribution < 1.29 is 19.5 Å². The number of halogens is 1. The van der Waals surface area contributed by atoms with Crippen molar-refractivity contribution in [1.29, 1.82) is 0 Å². The summed E-state index contributed by atoms with van der Waals surface area (Å²) >= 11 is 1.98. The predicted molar refractivity (Wildman–Crippen MR) is 80.7 cm³/mol. The van der Waals surface area contributed by atoms with Crippen molar-refractivity contribution in [2.75, 3.05) is 18.4 Å². The summed E-state index contributed by atoms with van der Waals surface area (Å²) in [5, 5.41) is 16.2. The largest absolute Gasteiger partial charge is 0.478 e. The molecular formula is C11H13IN4O4. The number of benzene rings is 1. The summed E-state index contributed by atoms with van der Waals surface area (Å²) in [7, 11) is 0. The molecule has 1 aromatic carbocycles. The minimum absolute atomic E-state index is 0.00214. The van der Waals surface area contributed by atoms with Gasteiger partial charge < -0.3 is 26.8 Å². The quantitative estimate of drug-likeness (QED) is 0.374. The average molecular weight is 392 g/mol. The lowest BCUT2D eigenvalue weighted by Crippen LogP contribution is -2.38. The third-order valence-corrected chi connectivity index (χ3v) is 2.84. The molecule has 1 rings (SSSR count). The molecule has 6 N–H and O–H groups in total. The number of carboxylic acid groups (broad SMARTS) is 1. The van der Waals surface area contributed by atoms with Gasteiger partial charge in [-0.15, -0.1) is 0 Å². The molecule has 108 valence electrons. The lowest BCUT2D eigenvalue weighted by atomic mass is 10.2. The second kappa shape index (κ2) is 7.53. The zero-order valence-corrected chi connectivity index (χ0v) is 12.4. The van der Waals surface area contributed by atoms with E-state index in [1.54, 1.807) is 6.07 Å². The number of aromatic carboxylic acids is 1. The van der Waals surface area contributed by atoms with E-state index in [0.29, 0.717) is 0 Å². The minimum atomic E-state index is -1.13. The third-order valence-electron chi connectivity index (χ3n) is 2.17. The Labute approximate surface area is 128 Å². The number of primary amides is 1. The number of amides is 4. The number of urea groups is 2. The van der Waals surface area contributed by atoms with E-state index in [1.165, 1.54) is 12.1 Å². The molecule has 0 unspecified atom stereocenters. The standard InChI is InChI=1S/C11H13IN4O4/c12-6-1-2-8(7(5-6)9(17)18)16-11(20)15-4-3-14-10(13)19/h1-2,5H,3-4H2,(H,17,18)(H3,13,14,19)(H2,15,16,20). The van der Waals surface area contributed by atoms with Gasteiger partial charge in [-0.2, -0.15) is 0 Å². The van der Waals surface area contributed by atoms with Crippen molar-refractivity contribution in [1.82, 2.24) is 10.6 Å². The molecule has 0 aromatic heterocycles. The maximum absolute atomic E-state index is 11.6. The normalized spacial score (nSPS) is 9.65. The van der Waals surface area contributed by atoms with E-state index in [9.17, 15) is 14.4 Å². The Morgan fingerprint density at radius 2 is 1.85 bits per heavy atom. The highest BCUT2D eigenvalue weighted by Gasteiger charge is 2.12. The fourth-order valence-electron chi connectivity index (χ4n) is 1.33. The highest BCUT2D eigenvalue weighted by atomic mass is 127. The second-order valence-electron chi connectivity index (χ2n) is 3.67. The molecule has 4 amide bonds. The van der Waals surface area contributed by atoms with Gasteiger partial charge >= 0.3 is 18.0 Å². The molecule has 0 atom stereocenters. The van der Waals surface area contributed by atoms with E-state index >= 15 is 0 Å². The average Bonchev–Trinajstić information content (AvgIpc) is 2.36. The maximum Gasteiger partial charge on any atom is 0.337 e. The van der Waals surface area contributed by atoms with Crippen LogP contribution in [0.1, 0.15) is 10.4 Å². The van der Waals surface area contributed by atoms with Crippen LogP contribution in [0.15, 0.2) is 18.2 Å². The Morgan fingerprint density at radius 3 is 2.45 bits per heavy atom. The van der Waals surface area contributed by atoms with Crippen LogP contribution >= 0.6 is 22.6 Å². The van der Waals surface area contributed by atoms with Crippen LogP contribution in [0.2, 0.25) is 0 Å². The van der Waals surface area contributed by atoms with Gasteiger partial charge in [0.15, 0.2) is 0 Å². The smallest absolute Gasteiger partial charge is 0.337 e. The molecule has 0 bridgehead atoms. The van der Waals surface area contributed by atoms with Crippen molar-refractivity contribution in [2.45, 2.75) is 0 Å². The van der Waals surface area contributed by atoms with Crippen LogP contribution in [-0.2, 0) is 0 Å². The molecule has 0 aliphatic heterocycles. The van der Waals surface area contributed by atoms with Gasteiger partial charge in [0.05, 0.1) is 11.3 Å². The van der Waals surface area contributed by atoms with Gasteiger partial charge in [0.25, 0.3) is 0 Å². The van der Waals surface area contributed by atoms with Crippen LogP contribution in [0.25, 0.3) is 0 Å². The van der Waals surface area contributed by atoms with Gasteiger partial charge in [-0.05, 0) is 40.8 Å². The summed E-state index contributed by atoms with van der Waals surface area (Å²) in [4.78, 5) is 33.0. The lowest BCUT2D eigenvalue weighted by molar-refractivity contribution is 0.0698. The van der Waals surface area contributed by atoms with Crippen LogP contribution in [0.3, 0.4) is 0 Å². The van der Waals surface area contributed by atoms with Gasteiger partial charge in [0.1, 0.15) is 0 Å². The Balaban J connectivity index is 2.57. The number of nitrogens with two attached hydrogens (primary N) is 1. The third kappa shape index (κ3) is 5.30. The van der Waals surface area contributed by atoms with Crippen LogP contribution in [-0.4, -0.2) is 36.2 Å². The number of anilines is 1. The van der Waals surface area contributed by atoms with E-state index in [2.05, 4.69) is 16.0 Å². The molecule has 0 radical (unpaired) electrons. The summed E-state index contributed by atoms with van der Waals surface area (Å²) in [5.74, 6) is -1.13. The number of rotatable bonds is 5. The molecule has 0 aliphatic carbocycles. The first kappa shape index (κ1) is 16.0. The molecule has 20 heavy (non-hydrogen) atoms. The minimum Gasteiger partial charge on any atom is -0.478 e. The summed E-state index contributed by atoms with van der Waals surface area (Å²) in [5.41, 5.74) is 5.05. The van der Waals surface area contributed by atoms with Gasteiger partial charge in [0.2, 0.25) is 0 Å². The molecule has 8 nitrogen and oxygen atoms in total. The molecule has 0 fully saturated rings. The van der Waals surface area contributed by atoms with Crippen LogP contribution in [0.5, 0.6) is 0 Å². The van der Waals surface area contributed by atoms with E-state index in [0.717, 1.165) is 3.57 Å². The van der Waals surface area contributed by atoms with Crippen LogP contribution in [0.4, 0.5) is 15.3 Å². The first-order valence-electron chi connectivity index (χ1n) is 5.51. The van der Waals surface area contributed by atoms with Crippen molar-refractivity contribution in [3.63, 3.8) is 0 Å². The summed E-state index contributed by atoms with van der Waals surface area (Å²) in [6.45, 7) is 0.350. The molecule has 0 spiro atoms. The van der Waals surface area contributed by atoms with E-state index < -0.39 is 18.0 Å². The van der Waals surface area contributed by atoms with Gasteiger partial charge in [-0.1, -0.05) is 0 Å². The van der Waals surface area contributed by atoms with Gasteiger partial charge in [-0.25, -0.2) is 14.4 Å². The Hall–Kier alpha value is -2.04. The molecular weight excluding hydrogens is 379 g/mol. The fourth-order valence-corrected chi connectivity index (χ4v) is 1.82. The predicted octanol–water partition coefficient (Wildman–Crippen LogP) is 0.779. The fraction of sp³-hybridized carbons (Fsp3) is 0.182. The van der Waals surface area contributed by atoms with E-state index in [4.69, 9.17) is 10.8 Å². The number of carbonyl (C=O) groups excluding carboxylic acids is 2. The molecule has 1 aromatic rings. The Kier molecular flexibility index (Phi) is 6.03. The van der Waals surface area contributed by atoms with Crippen LogP contribution in [0, 0.1) is 3.57 Å². The highest BCUT2D eigenvalue weighted by molar-refractivity contribution is 14.1. The summed E-state index contributed by atoms with van der Waals surface area (Å²) < 4.78 is 0.747. The number of nitrogens with one attached hydrogen (secondary N) is 3. The zero-order chi connectivity index (χ0) is 15.1. The summed E-state index contributed by atoms with van der Waals surface area (Å²) in [6.07, 6.45) is 0. The van der Waals surface area contributed by atoms with Crippen molar-refractivity contribution in [3.05, 3.63) is 27.3 Å². The van der Waals surface area contributed by atoms with Crippen molar-refractivity contribution in [2.24, 2.45) is 5.73 Å². The van der Waals surface area contributed by atoms with Gasteiger partial charge in [0, 0.05) is 16.7 Å². The SMILES string of the molecule is NC(=O)NCCNC(=O)Nc1ccc(I)cc1C(=O)O. The topological polar surface area (TPSA) is 134 Å². The zero-order valence-electron chi connectivity index (χ0n) is 10.3. The first-order chi connectivity index (χ1) is 9.40. The molecule has 0 saturated carbocycles. The highest BCUT2D eigenvalue weighted by Crippen LogP contribution is 2.18. The van der Waals surface area contributed by atoms with E-state index in [1.807, 2.05) is 22.6 Å². The number of carbonyl (C=O) groups is 3. The Bertz CT molecular complexity index is 535. The lowest BCUT2D eigenvalue weighted by Gasteiger charge is -2.10. The molecule has 9 heteroatoms. The number of carboxylic acids is 1. The number of hydrogen-bond donors (Lipinski definition) is 5. The Morgan fingerprint density at radius 1 is 1.20 bits per heavy atom. The number of hydrogen-bond acceptors (Lipinski definition) is 3. The molecule has 0 heterocycles. The monoisotopic (exact) mass is 392 g/mol. The van der Waals surface area contributed by atoms with Crippen molar-refractivity contribution in [3.8, 4) is 0 Å². The summed E-state index contributed by atoms with van der Waals surface area (Å²) in [6, 6.07) is 3.38. The van der Waals surface area contributed by atoms with E-state index in [-0.39, 0.29) is 24.3 Å². The molecule has 0 saturated heterocycles. The maximum atomic E-state index is 11.6. The van der Waals surface area contributed by atoms with Crippen molar-refractivity contribution >= 4 is 46.3 Å². The first-order valence-corrected chi connectivity index (χ1v) is 6.59. The van der Waals surface area contributed by atoms with Crippen LogP contribution < -0.4 is 21.7 Å². The molecule has 0 aliphatic rings. The van der Waals surface area contributed by atoms with Gasteiger partial charge in [-0.3, -0.25) is 0 Å². The second-order valence-corrected chi connectivity index (χ2v) is 4.91.